The molecule has 0 heterocycles. The Balaban J connectivity index is 3.43. The van der Waals surface area contributed by atoms with Gasteiger partial charge in [0.05, 0.1) is 12.7 Å². The van der Waals surface area contributed by atoms with E-state index in [1.54, 1.807) is 6.92 Å². The van der Waals surface area contributed by atoms with Gasteiger partial charge in [0.2, 0.25) is 0 Å². The number of carboxylic acid groups (broad SMARTS) is 1. The highest BCUT2D eigenvalue weighted by Gasteiger charge is 2.14. The number of carbonyl (C=O) groups is 1. The first-order chi connectivity index (χ1) is 5.57. The van der Waals surface area contributed by atoms with Crippen LogP contribution in [-0.4, -0.2) is 46.7 Å². The van der Waals surface area contributed by atoms with Crippen LogP contribution in [-0.2, 0) is 9.53 Å². The Kier molecular flexibility index (Phi) is 5.61. The van der Waals surface area contributed by atoms with Crippen molar-refractivity contribution >= 4 is 5.97 Å². The molecule has 0 aliphatic carbocycles. The highest BCUT2D eigenvalue weighted by Crippen LogP contribution is 1.98. The van der Waals surface area contributed by atoms with E-state index in [0.29, 0.717) is 6.42 Å². The molecule has 12 heavy (non-hydrogen) atoms. The molecule has 0 radical (unpaired) electrons. The third kappa shape index (κ3) is 5.06. The summed E-state index contributed by atoms with van der Waals surface area (Å²) >= 11 is 0. The fourth-order valence-corrected chi connectivity index (χ4v) is 0.650. The predicted octanol–water partition coefficient (Wildman–Crippen LogP) is -0.781. The molecule has 0 aliphatic heterocycles. The van der Waals surface area contributed by atoms with E-state index in [2.05, 4.69) is 4.74 Å². The molecular weight excluding hydrogens is 164 g/mol. The van der Waals surface area contributed by atoms with E-state index in [0.717, 1.165) is 0 Å². The molecule has 0 aromatic carbocycles. The zero-order chi connectivity index (χ0) is 9.56. The zero-order valence-electron chi connectivity index (χ0n) is 6.93. The van der Waals surface area contributed by atoms with Crippen LogP contribution >= 0.6 is 0 Å². The summed E-state index contributed by atoms with van der Waals surface area (Å²) in [6.07, 6.45) is -1.44. The van der Waals surface area contributed by atoms with Gasteiger partial charge in [0.25, 0.3) is 0 Å². The van der Waals surface area contributed by atoms with Crippen molar-refractivity contribution in [3.8, 4) is 0 Å². The van der Waals surface area contributed by atoms with Crippen LogP contribution in [0, 0.1) is 0 Å². The molecule has 0 fully saturated rings. The standard InChI is InChI=1S/C7H14O5/c1-2-5(8)6(9)3-12-4-7(10)11/h5-6,8-9H,2-4H2,1H3,(H,10,11). The summed E-state index contributed by atoms with van der Waals surface area (Å²) in [5.74, 6) is -1.09. The number of aliphatic hydroxyl groups is 2. The lowest BCUT2D eigenvalue weighted by Crippen LogP contribution is -2.30. The molecule has 5 heteroatoms. The first-order valence-electron chi connectivity index (χ1n) is 3.73. The van der Waals surface area contributed by atoms with Crippen LogP contribution in [0.1, 0.15) is 13.3 Å². The lowest BCUT2D eigenvalue weighted by molar-refractivity contribution is -0.144. The van der Waals surface area contributed by atoms with Gasteiger partial charge in [-0.1, -0.05) is 6.92 Å². The highest BCUT2D eigenvalue weighted by molar-refractivity contribution is 5.67. The van der Waals surface area contributed by atoms with Gasteiger partial charge in [-0.25, -0.2) is 4.79 Å². The average Bonchev–Trinajstić information content (AvgIpc) is 2.02. The number of ether oxygens (including phenoxy) is 1. The summed E-state index contributed by atoms with van der Waals surface area (Å²) in [4.78, 5) is 9.95. The maximum absolute atomic E-state index is 9.95. The Labute approximate surface area is 70.6 Å². The molecule has 3 N–H and O–H groups in total. The molecule has 0 bridgehead atoms. The van der Waals surface area contributed by atoms with Crippen molar-refractivity contribution in [2.75, 3.05) is 13.2 Å². The summed E-state index contributed by atoms with van der Waals surface area (Å²) in [7, 11) is 0. The molecule has 72 valence electrons. The first-order valence-corrected chi connectivity index (χ1v) is 3.73. The van der Waals surface area contributed by atoms with E-state index >= 15 is 0 Å². The number of carboxylic acids is 1. The Morgan fingerprint density at radius 3 is 2.42 bits per heavy atom. The van der Waals surface area contributed by atoms with Crippen LogP contribution in [0.4, 0.5) is 0 Å². The second kappa shape index (κ2) is 5.93. The highest BCUT2D eigenvalue weighted by atomic mass is 16.5. The van der Waals surface area contributed by atoms with Gasteiger partial charge >= 0.3 is 5.97 Å². The lowest BCUT2D eigenvalue weighted by atomic mass is 10.2. The van der Waals surface area contributed by atoms with E-state index in [-0.39, 0.29) is 6.61 Å². The first kappa shape index (κ1) is 11.4. The lowest BCUT2D eigenvalue weighted by Gasteiger charge is -2.15. The number of rotatable bonds is 6. The molecule has 2 atom stereocenters. The van der Waals surface area contributed by atoms with Crippen molar-refractivity contribution in [2.24, 2.45) is 0 Å². The summed E-state index contributed by atoms with van der Waals surface area (Å²) < 4.78 is 4.57. The molecular formula is C7H14O5. The molecule has 5 nitrogen and oxygen atoms in total. The molecule has 0 aromatic heterocycles. The van der Waals surface area contributed by atoms with E-state index in [4.69, 9.17) is 15.3 Å². The number of hydrogen-bond donors (Lipinski definition) is 3. The maximum atomic E-state index is 9.95. The van der Waals surface area contributed by atoms with Gasteiger partial charge in [0, 0.05) is 0 Å². The van der Waals surface area contributed by atoms with Crippen molar-refractivity contribution in [3.63, 3.8) is 0 Å². The van der Waals surface area contributed by atoms with E-state index < -0.39 is 24.8 Å². The molecule has 0 aromatic rings. The molecule has 0 aliphatic rings. The summed E-state index contributed by atoms with van der Waals surface area (Å²) in [6.45, 7) is 1.11. The Hall–Kier alpha value is -0.650. The van der Waals surface area contributed by atoms with Crippen LogP contribution in [0.25, 0.3) is 0 Å². The average molecular weight is 178 g/mol. The van der Waals surface area contributed by atoms with Crippen LogP contribution in [0.2, 0.25) is 0 Å². The van der Waals surface area contributed by atoms with Crippen LogP contribution in [0.5, 0.6) is 0 Å². The largest absolute Gasteiger partial charge is 0.480 e. The maximum Gasteiger partial charge on any atom is 0.329 e. The van der Waals surface area contributed by atoms with Gasteiger partial charge in [-0.05, 0) is 6.42 Å². The molecule has 2 unspecified atom stereocenters. The zero-order valence-corrected chi connectivity index (χ0v) is 6.93. The summed E-state index contributed by atoms with van der Waals surface area (Å²) in [5.41, 5.74) is 0. The van der Waals surface area contributed by atoms with Crippen LogP contribution in [0.3, 0.4) is 0 Å². The number of hydrogen-bond acceptors (Lipinski definition) is 4. The molecule has 0 amide bonds. The van der Waals surface area contributed by atoms with E-state index in [1.165, 1.54) is 0 Å². The van der Waals surface area contributed by atoms with Crippen LogP contribution in [0.15, 0.2) is 0 Å². The minimum atomic E-state index is -1.09. The summed E-state index contributed by atoms with van der Waals surface area (Å²) in [6, 6.07) is 0. The van der Waals surface area contributed by atoms with Gasteiger partial charge in [-0.15, -0.1) is 0 Å². The monoisotopic (exact) mass is 178 g/mol. The Morgan fingerprint density at radius 2 is 2.00 bits per heavy atom. The topological polar surface area (TPSA) is 87.0 Å². The van der Waals surface area contributed by atoms with E-state index in [9.17, 15) is 4.79 Å². The Bertz CT molecular complexity index is 136. The second-order valence-electron chi connectivity index (χ2n) is 2.45. The molecule has 0 saturated carbocycles. The predicted molar refractivity (Wildman–Crippen MR) is 40.8 cm³/mol. The fourth-order valence-electron chi connectivity index (χ4n) is 0.650. The minimum absolute atomic E-state index is 0.151. The van der Waals surface area contributed by atoms with Gasteiger partial charge in [-0.2, -0.15) is 0 Å². The quantitative estimate of drug-likeness (QED) is 0.496. The minimum Gasteiger partial charge on any atom is -0.480 e. The fraction of sp³-hybridized carbons (Fsp3) is 0.857. The van der Waals surface area contributed by atoms with Crippen molar-refractivity contribution in [3.05, 3.63) is 0 Å². The van der Waals surface area contributed by atoms with Gasteiger partial charge in [0.15, 0.2) is 0 Å². The van der Waals surface area contributed by atoms with Crippen molar-refractivity contribution < 1.29 is 24.9 Å². The smallest absolute Gasteiger partial charge is 0.329 e. The number of aliphatic hydroxyl groups excluding tert-OH is 2. The van der Waals surface area contributed by atoms with Crippen molar-refractivity contribution in [1.82, 2.24) is 0 Å². The molecule has 0 rings (SSSR count). The SMILES string of the molecule is CCC(O)C(O)COCC(=O)O. The van der Waals surface area contributed by atoms with Gasteiger partial charge in [-0.3, -0.25) is 0 Å². The third-order valence-corrected chi connectivity index (χ3v) is 1.38. The third-order valence-electron chi connectivity index (χ3n) is 1.38. The van der Waals surface area contributed by atoms with E-state index in [1.807, 2.05) is 0 Å². The van der Waals surface area contributed by atoms with Crippen molar-refractivity contribution in [1.29, 1.82) is 0 Å². The Morgan fingerprint density at radius 1 is 1.42 bits per heavy atom. The molecule has 0 saturated heterocycles. The van der Waals surface area contributed by atoms with Gasteiger partial charge in [0.1, 0.15) is 12.7 Å². The van der Waals surface area contributed by atoms with Crippen LogP contribution < -0.4 is 0 Å². The van der Waals surface area contributed by atoms with Gasteiger partial charge < -0.3 is 20.1 Å². The molecule has 0 spiro atoms. The normalized spacial score (nSPS) is 15.6. The second-order valence-corrected chi connectivity index (χ2v) is 2.45. The number of aliphatic carboxylic acids is 1. The van der Waals surface area contributed by atoms with Crippen molar-refractivity contribution in [2.45, 2.75) is 25.6 Å². The summed E-state index contributed by atoms with van der Waals surface area (Å²) in [5, 5.41) is 26.2.